The van der Waals surface area contributed by atoms with Crippen molar-refractivity contribution in [2.75, 3.05) is 16.4 Å². The monoisotopic (exact) mass is 302 g/mol. The topological polar surface area (TPSA) is 63.0 Å². The minimum Gasteiger partial charge on any atom is -0.396 e. The van der Waals surface area contributed by atoms with E-state index in [1.54, 1.807) is 0 Å². The Balaban J connectivity index is 1.70. The lowest BCUT2D eigenvalue weighted by Crippen LogP contribution is -2.25. The van der Waals surface area contributed by atoms with E-state index in [4.69, 9.17) is 10.7 Å². The molecule has 0 spiro atoms. The Hall–Kier alpha value is -1.45. The largest absolute Gasteiger partial charge is 0.396 e. The predicted octanol–water partition coefficient (Wildman–Crippen LogP) is 4.46. The van der Waals surface area contributed by atoms with Gasteiger partial charge in [0.2, 0.25) is 0 Å². The Kier molecular flexibility index (Phi) is 5.06. The molecule has 2 saturated carbocycles. The van der Waals surface area contributed by atoms with Gasteiger partial charge in [-0.05, 0) is 44.2 Å². The molecule has 122 valence electrons. The van der Waals surface area contributed by atoms with Crippen molar-refractivity contribution >= 4 is 17.3 Å². The number of pyridine rings is 1. The number of nitrogens with zero attached hydrogens (tertiary/aromatic N) is 1. The highest BCUT2D eigenvalue weighted by atomic mass is 15.1. The van der Waals surface area contributed by atoms with Crippen LogP contribution in [0, 0.1) is 6.92 Å². The van der Waals surface area contributed by atoms with Gasteiger partial charge in [-0.3, -0.25) is 0 Å². The second kappa shape index (κ2) is 7.21. The normalized spacial score (nSPS) is 20.8. The second-order valence-corrected chi connectivity index (χ2v) is 7.05. The Morgan fingerprint density at radius 1 is 0.909 bits per heavy atom. The number of nitrogen functional groups attached to an aromatic ring is 1. The molecule has 0 atom stereocenters. The van der Waals surface area contributed by atoms with E-state index in [9.17, 15) is 0 Å². The average molecular weight is 302 g/mol. The second-order valence-electron chi connectivity index (χ2n) is 7.05. The molecule has 0 aliphatic heterocycles. The van der Waals surface area contributed by atoms with Crippen molar-refractivity contribution in [2.24, 2.45) is 0 Å². The molecule has 1 aromatic rings. The summed E-state index contributed by atoms with van der Waals surface area (Å²) in [5, 5.41) is 7.21. The minimum absolute atomic E-state index is 0.535. The van der Waals surface area contributed by atoms with Gasteiger partial charge in [-0.1, -0.05) is 38.5 Å². The van der Waals surface area contributed by atoms with E-state index in [-0.39, 0.29) is 0 Å². The summed E-state index contributed by atoms with van der Waals surface area (Å²) in [6.07, 6.45) is 13.0. The van der Waals surface area contributed by atoms with Crippen LogP contribution in [0.2, 0.25) is 0 Å². The summed E-state index contributed by atoms with van der Waals surface area (Å²) in [6.45, 7) is 2.08. The van der Waals surface area contributed by atoms with E-state index in [1.807, 2.05) is 0 Å². The maximum atomic E-state index is 6.25. The first-order valence-corrected chi connectivity index (χ1v) is 9.02. The van der Waals surface area contributed by atoms with Crippen LogP contribution in [0.25, 0.3) is 0 Å². The summed E-state index contributed by atoms with van der Waals surface area (Å²) in [7, 11) is 0. The van der Waals surface area contributed by atoms with Crippen LogP contribution in [0.1, 0.15) is 69.8 Å². The van der Waals surface area contributed by atoms with Crippen LogP contribution in [0.3, 0.4) is 0 Å². The van der Waals surface area contributed by atoms with Gasteiger partial charge in [0, 0.05) is 12.1 Å². The number of hydrogen-bond donors (Lipinski definition) is 3. The van der Waals surface area contributed by atoms with Crippen LogP contribution in [-0.2, 0) is 0 Å². The van der Waals surface area contributed by atoms with Gasteiger partial charge in [0.25, 0.3) is 0 Å². The summed E-state index contributed by atoms with van der Waals surface area (Å²) in [4.78, 5) is 4.77. The summed E-state index contributed by atoms with van der Waals surface area (Å²) < 4.78 is 0. The molecule has 0 unspecified atom stereocenters. The molecule has 2 aliphatic rings. The number of anilines is 3. The standard InChI is InChI=1S/C18H30N4/c1-13-12-16(20-14-8-4-2-5-9-14)22-18(17(13)19)21-15-10-6-3-7-11-15/h12,14-15H,2-11,19H2,1H3,(H2,20,21,22). The summed E-state index contributed by atoms with van der Waals surface area (Å²) in [6, 6.07) is 3.20. The number of nitrogens with one attached hydrogen (secondary N) is 2. The summed E-state index contributed by atoms with van der Waals surface area (Å²) in [5.41, 5.74) is 8.17. The molecular formula is C18H30N4. The fourth-order valence-corrected chi connectivity index (χ4v) is 3.76. The zero-order valence-corrected chi connectivity index (χ0v) is 13.8. The highest BCUT2D eigenvalue weighted by molar-refractivity contribution is 5.69. The van der Waals surface area contributed by atoms with Crippen LogP contribution in [0.4, 0.5) is 17.3 Å². The molecule has 0 bridgehead atoms. The summed E-state index contributed by atoms with van der Waals surface area (Å²) in [5.74, 6) is 1.86. The quantitative estimate of drug-likeness (QED) is 0.768. The van der Waals surface area contributed by atoms with Crippen molar-refractivity contribution in [2.45, 2.75) is 83.2 Å². The number of rotatable bonds is 4. The van der Waals surface area contributed by atoms with E-state index >= 15 is 0 Å². The van der Waals surface area contributed by atoms with Crippen LogP contribution in [0.5, 0.6) is 0 Å². The molecule has 1 heterocycles. The van der Waals surface area contributed by atoms with Crippen molar-refractivity contribution in [3.8, 4) is 0 Å². The third-order valence-electron chi connectivity index (χ3n) is 5.17. The van der Waals surface area contributed by atoms with Gasteiger partial charge in [0.05, 0.1) is 5.69 Å². The van der Waals surface area contributed by atoms with Crippen molar-refractivity contribution in [3.63, 3.8) is 0 Å². The lowest BCUT2D eigenvalue weighted by Gasteiger charge is -2.26. The molecular weight excluding hydrogens is 272 g/mol. The van der Waals surface area contributed by atoms with Crippen molar-refractivity contribution in [3.05, 3.63) is 11.6 Å². The van der Waals surface area contributed by atoms with Gasteiger partial charge in [0.1, 0.15) is 5.82 Å². The van der Waals surface area contributed by atoms with Crippen LogP contribution >= 0.6 is 0 Å². The van der Waals surface area contributed by atoms with Gasteiger partial charge in [-0.2, -0.15) is 0 Å². The van der Waals surface area contributed by atoms with Gasteiger partial charge in [0.15, 0.2) is 5.82 Å². The smallest absolute Gasteiger partial charge is 0.152 e. The van der Waals surface area contributed by atoms with E-state index in [2.05, 4.69) is 23.6 Å². The summed E-state index contributed by atoms with van der Waals surface area (Å²) >= 11 is 0. The molecule has 4 heteroatoms. The fourth-order valence-electron chi connectivity index (χ4n) is 3.76. The van der Waals surface area contributed by atoms with Crippen LogP contribution < -0.4 is 16.4 Å². The maximum absolute atomic E-state index is 6.25. The third-order valence-corrected chi connectivity index (χ3v) is 5.17. The van der Waals surface area contributed by atoms with Crippen molar-refractivity contribution < 1.29 is 0 Å². The SMILES string of the molecule is Cc1cc(NC2CCCCC2)nc(NC2CCCCC2)c1N. The molecule has 0 aromatic carbocycles. The van der Waals surface area contributed by atoms with Crippen LogP contribution in [-0.4, -0.2) is 17.1 Å². The molecule has 4 nitrogen and oxygen atoms in total. The minimum atomic E-state index is 0.535. The number of nitrogens with two attached hydrogens (primary N) is 1. The Bertz CT molecular complexity index is 488. The highest BCUT2D eigenvalue weighted by Crippen LogP contribution is 2.29. The van der Waals surface area contributed by atoms with Gasteiger partial charge in [-0.25, -0.2) is 4.98 Å². The molecule has 22 heavy (non-hydrogen) atoms. The van der Waals surface area contributed by atoms with Gasteiger partial charge < -0.3 is 16.4 Å². The maximum Gasteiger partial charge on any atom is 0.152 e. The Morgan fingerprint density at radius 3 is 2.05 bits per heavy atom. The highest BCUT2D eigenvalue weighted by Gasteiger charge is 2.18. The first kappa shape index (κ1) is 15.4. The molecule has 2 fully saturated rings. The van der Waals surface area contributed by atoms with Crippen molar-refractivity contribution in [1.82, 2.24) is 4.98 Å². The van der Waals surface area contributed by atoms with E-state index in [0.29, 0.717) is 12.1 Å². The first-order valence-electron chi connectivity index (χ1n) is 9.02. The molecule has 4 N–H and O–H groups in total. The zero-order chi connectivity index (χ0) is 15.4. The average Bonchev–Trinajstić information content (AvgIpc) is 2.54. The van der Waals surface area contributed by atoms with E-state index in [0.717, 1.165) is 22.9 Å². The van der Waals surface area contributed by atoms with E-state index < -0.39 is 0 Å². The Morgan fingerprint density at radius 2 is 1.45 bits per heavy atom. The molecule has 2 aliphatic carbocycles. The zero-order valence-electron chi connectivity index (χ0n) is 13.8. The predicted molar refractivity (Wildman–Crippen MR) is 94.4 cm³/mol. The van der Waals surface area contributed by atoms with Crippen LogP contribution in [0.15, 0.2) is 6.07 Å². The van der Waals surface area contributed by atoms with Crippen molar-refractivity contribution in [1.29, 1.82) is 0 Å². The lowest BCUT2D eigenvalue weighted by molar-refractivity contribution is 0.460. The van der Waals surface area contributed by atoms with Gasteiger partial charge in [-0.15, -0.1) is 0 Å². The van der Waals surface area contributed by atoms with Gasteiger partial charge >= 0.3 is 0 Å². The Labute approximate surface area is 134 Å². The van der Waals surface area contributed by atoms with E-state index in [1.165, 1.54) is 64.2 Å². The molecule has 0 saturated heterocycles. The number of hydrogen-bond acceptors (Lipinski definition) is 4. The molecule has 3 rings (SSSR count). The lowest BCUT2D eigenvalue weighted by atomic mass is 9.95. The fraction of sp³-hybridized carbons (Fsp3) is 0.722. The number of aryl methyl sites for hydroxylation is 1. The molecule has 0 radical (unpaired) electrons. The molecule has 0 amide bonds. The molecule has 1 aromatic heterocycles. The number of aromatic nitrogens is 1. The third kappa shape index (κ3) is 3.84. The first-order chi connectivity index (χ1) is 10.7.